The van der Waals surface area contributed by atoms with Crippen LogP contribution >= 0.6 is 0 Å². The van der Waals surface area contributed by atoms with E-state index >= 15 is 0 Å². The second-order valence-corrected chi connectivity index (χ2v) is 8.11. The van der Waals surface area contributed by atoms with Crippen molar-refractivity contribution in [3.8, 4) is 0 Å². The number of carbonyl (C=O) groups excluding carboxylic acids is 1. The Morgan fingerprint density at radius 2 is 1.89 bits per heavy atom. The van der Waals surface area contributed by atoms with E-state index in [1.165, 1.54) is 6.33 Å². The van der Waals surface area contributed by atoms with Crippen LogP contribution in [0.25, 0.3) is 0 Å². The van der Waals surface area contributed by atoms with Gasteiger partial charge in [-0.2, -0.15) is 0 Å². The molecule has 4 rings (SSSR count). The van der Waals surface area contributed by atoms with Crippen molar-refractivity contribution < 1.29 is 9.53 Å². The summed E-state index contributed by atoms with van der Waals surface area (Å²) in [6.45, 7) is 5.31. The van der Waals surface area contributed by atoms with Gasteiger partial charge in [-0.1, -0.05) is 0 Å². The predicted molar refractivity (Wildman–Crippen MR) is 102 cm³/mol. The Labute approximate surface area is 160 Å². The molecule has 3 fully saturated rings. The SMILES string of the molecule is O=C(C1CCN(C2CCOCC2)CC1)N1CCC[C@@H](c2cc(=O)[nH]cn2)C1. The van der Waals surface area contributed by atoms with E-state index < -0.39 is 0 Å². The number of aromatic amines is 1. The number of aromatic nitrogens is 2. The van der Waals surface area contributed by atoms with E-state index in [0.29, 0.717) is 18.5 Å². The van der Waals surface area contributed by atoms with Crippen LogP contribution < -0.4 is 5.56 Å². The maximum Gasteiger partial charge on any atom is 0.250 e. The first kappa shape index (κ1) is 18.6. The second kappa shape index (κ2) is 8.52. The van der Waals surface area contributed by atoms with Gasteiger partial charge in [0.2, 0.25) is 5.91 Å². The van der Waals surface area contributed by atoms with Crippen molar-refractivity contribution in [2.24, 2.45) is 5.92 Å². The zero-order chi connectivity index (χ0) is 18.6. The number of hydrogen-bond acceptors (Lipinski definition) is 5. The lowest BCUT2D eigenvalue weighted by Crippen LogP contribution is -2.48. The van der Waals surface area contributed by atoms with Crippen molar-refractivity contribution >= 4 is 5.91 Å². The molecule has 1 amide bonds. The summed E-state index contributed by atoms with van der Waals surface area (Å²) in [5, 5.41) is 0. The molecule has 1 N–H and O–H groups in total. The Kier molecular flexibility index (Phi) is 5.88. The summed E-state index contributed by atoms with van der Waals surface area (Å²) in [7, 11) is 0. The van der Waals surface area contributed by atoms with Gasteiger partial charge < -0.3 is 19.5 Å². The van der Waals surface area contributed by atoms with Crippen molar-refractivity contribution in [3.05, 3.63) is 28.4 Å². The number of H-pyrrole nitrogens is 1. The zero-order valence-electron chi connectivity index (χ0n) is 15.9. The third-order valence-corrected chi connectivity index (χ3v) is 6.44. The summed E-state index contributed by atoms with van der Waals surface area (Å²) in [5.74, 6) is 0.621. The Bertz CT molecular complexity index is 692. The molecule has 148 valence electrons. The van der Waals surface area contributed by atoms with Crippen molar-refractivity contribution in [2.45, 2.75) is 50.5 Å². The second-order valence-electron chi connectivity index (χ2n) is 8.11. The molecule has 27 heavy (non-hydrogen) atoms. The van der Waals surface area contributed by atoms with Gasteiger partial charge in [-0.3, -0.25) is 9.59 Å². The van der Waals surface area contributed by atoms with Crippen LogP contribution in [0.3, 0.4) is 0 Å². The fourth-order valence-corrected chi connectivity index (χ4v) is 4.85. The fraction of sp³-hybridized carbons (Fsp3) is 0.750. The molecule has 0 unspecified atom stereocenters. The molecular weight excluding hydrogens is 344 g/mol. The van der Waals surface area contributed by atoms with Gasteiger partial charge in [0.15, 0.2) is 0 Å². The lowest BCUT2D eigenvalue weighted by atomic mass is 9.90. The topological polar surface area (TPSA) is 78.5 Å². The van der Waals surface area contributed by atoms with Crippen LogP contribution in [0.15, 0.2) is 17.2 Å². The molecule has 0 bridgehead atoms. The first-order chi connectivity index (χ1) is 13.2. The number of amides is 1. The summed E-state index contributed by atoms with van der Waals surface area (Å²) < 4.78 is 5.47. The lowest BCUT2D eigenvalue weighted by Gasteiger charge is -2.41. The number of likely N-dealkylation sites (tertiary alicyclic amines) is 2. The minimum Gasteiger partial charge on any atom is -0.381 e. The Morgan fingerprint density at radius 3 is 2.63 bits per heavy atom. The summed E-state index contributed by atoms with van der Waals surface area (Å²) in [6.07, 6.45) is 7.59. The van der Waals surface area contributed by atoms with E-state index in [-0.39, 0.29) is 17.4 Å². The van der Waals surface area contributed by atoms with Gasteiger partial charge in [-0.25, -0.2) is 4.98 Å². The first-order valence-electron chi connectivity index (χ1n) is 10.4. The largest absolute Gasteiger partial charge is 0.381 e. The summed E-state index contributed by atoms with van der Waals surface area (Å²) in [4.78, 5) is 36.1. The Balaban J connectivity index is 1.32. The summed E-state index contributed by atoms with van der Waals surface area (Å²) in [6, 6.07) is 2.21. The molecule has 1 aromatic heterocycles. The van der Waals surface area contributed by atoms with E-state index in [0.717, 1.165) is 77.1 Å². The van der Waals surface area contributed by atoms with Crippen molar-refractivity contribution in [1.29, 1.82) is 0 Å². The Hall–Kier alpha value is -1.73. The number of ether oxygens (including phenoxy) is 1. The highest BCUT2D eigenvalue weighted by atomic mass is 16.5. The predicted octanol–water partition coefficient (Wildman–Crippen LogP) is 1.37. The van der Waals surface area contributed by atoms with Gasteiger partial charge in [0.05, 0.1) is 12.0 Å². The van der Waals surface area contributed by atoms with Gasteiger partial charge in [0, 0.05) is 50.2 Å². The van der Waals surface area contributed by atoms with Crippen LogP contribution in [-0.2, 0) is 9.53 Å². The smallest absolute Gasteiger partial charge is 0.250 e. The van der Waals surface area contributed by atoms with Crippen molar-refractivity contribution in [3.63, 3.8) is 0 Å². The third kappa shape index (κ3) is 4.41. The highest BCUT2D eigenvalue weighted by molar-refractivity contribution is 5.79. The van der Waals surface area contributed by atoms with Gasteiger partial charge in [-0.05, 0) is 51.6 Å². The average molecular weight is 374 g/mol. The van der Waals surface area contributed by atoms with Gasteiger partial charge in [-0.15, -0.1) is 0 Å². The number of nitrogens with zero attached hydrogens (tertiary/aromatic N) is 3. The third-order valence-electron chi connectivity index (χ3n) is 6.44. The molecule has 3 saturated heterocycles. The quantitative estimate of drug-likeness (QED) is 0.864. The number of carbonyl (C=O) groups is 1. The van der Waals surface area contributed by atoms with Crippen LogP contribution in [-0.4, -0.2) is 71.1 Å². The minimum atomic E-state index is -0.121. The Morgan fingerprint density at radius 1 is 1.11 bits per heavy atom. The molecule has 1 aromatic rings. The molecule has 3 aliphatic heterocycles. The molecule has 7 nitrogen and oxygen atoms in total. The first-order valence-corrected chi connectivity index (χ1v) is 10.4. The average Bonchev–Trinajstić information content (AvgIpc) is 2.74. The minimum absolute atomic E-state index is 0.121. The van der Waals surface area contributed by atoms with Gasteiger partial charge >= 0.3 is 0 Å². The number of hydrogen-bond donors (Lipinski definition) is 1. The molecule has 3 aliphatic rings. The zero-order valence-corrected chi connectivity index (χ0v) is 15.9. The highest BCUT2D eigenvalue weighted by Gasteiger charge is 2.34. The molecule has 0 saturated carbocycles. The molecule has 0 spiro atoms. The van der Waals surface area contributed by atoms with Gasteiger partial charge in [0.25, 0.3) is 5.56 Å². The normalized spacial score (nSPS) is 26.2. The van der Waals surface area contributed by atoms with E-state index in [9.17, 15) is 9.59 Å². The number of rotatable bonds is 3. The van der Waals surface area contributed by atoms with Crippen LogP contribution in [0.4, 0.5) is 0 Å². The molecule has 4 heterocycles. The van der Waals surface area contributed by atoms with Crippen LogP contribution in [0, 0.1) is 5.92 Å². The molecular formula is C20H30N4O3. The molecule has 7 heteroatoms. The molecule has 0 aromatic carbocycles. The molecule has 0 radical (unpaired) electrons. The maximum absolute atomic E-state index is 13.1. The monoisotopic (exact) mass is 374 g/mol. The van der Waals surface area contributed by atoms with Crippen LogP contribution in [0.2, 0.25) is 0 Å². The molecule has 1 atom stereocenters. The highest BCUT2D eigenvalue weighted by Crippen LogP contribution is 2.29. The lowest BCUT2D eigenvalue weighted by molar-refractivity contribution is -0.138. The maximum atomic E-state index is 13.1. The van der Waals surface area contributed by atoms with E-state index in [1.54, 1.807) is 6.07 Å². The standard InChI is InChI=1S/C20H30N4O3/c25-19-12-18(21-14-22-19)16-2-1-7-24(13-16)20(26)15-3-8-23(9-4-15)17-5-10-27-11-6-17/h12,14-17H,1-11,13H2,(H,21,22,25)/t16-/m1/s1. The summed E-state index contributed by atoms with van der Waals surface area (Å²) >= 11 is 0. The van der Waals surface area contributed by atoms with Crippen LogP contribution in [0.1, 0.15) is 50.1 Å². The number of piperidine rings is 2. The molecule has 0 aliphatic carbocycles. The van der Waals surface area contributed by atoms with Crippen molar-refractivity contribution in [2.75, 3.05) is 39.4 Å². The van der Waals surface area contributed by atoms with E-state index in [1.807, 2.05) is 4.90 Å². The van der Waals surface area contributed by atoms with Gasteiger partial charge in [0.1, 0.15) is 0 Å². The summed E-state index contributed by atoms with van der Waals surface area (Å²) in [5.41, 5.74) is 0.689. The van der Waals surface area contributed by atoms with Crippen LogP contribution in [0.5, 0.6) is 0 Å². The van der Waals surface area contributed by atoms with Crippen molar-refractivity contribution in [1.82, 2.24) is 19.8 Å². The van der Waals surface area contributed by atoms with E-state index in [2.05, 4.69) is 14.9 Å². The fourth-order valence-electron chi connectivity index (χ4n) is 4.85. The number of nitrogens with one attached hydrogen (secondary N) is 1. The van der Waals surface area contributed by atoms with E-state index in [4.69, 9.17) is 4.74 Å².